The third-order valence-corrected chi connectivity index (χ3v) is 5.86. The Bertz CT molecular complexity index is 596. The van der Waals surface area contributed by atoms with Crippen molar-refractivity contribution in [3.63, 3.8) is 0 Å². The topological polar surface area (TPSA) is 52.6 Å². The Balaban J connectivity index is 1.61. The van der Waals surface area contributed by atoms with Gasteiger partial charge in [-0.2, -0.15) is 0 Å². The highest BCUT2D eigenvalue weighted by atomic mass is 16.2. The van der Waals surface area contributed by atoms with E-state index in [0.717, 1.165) is 69.7 Å². The fourth-order valence-electron chi connectivity index (χ4n) is 4.23. The van der Waals surface area contributed by atoms with Gasteiger partial charge in [-0.15, -0.1) is 0 Å². The minimum atomic E-state index is 0.162. The molecule has 6 heteroatoms. The lowest BCUT2D eigenvalue weighted by Gasteiger charge is -2.35. The Kier molecular flexibility index (Phi) is 6.33. The summed E-state index contributed by atoms with van der Waals surface area (Å²) >= 11 is 0. The summed E-state index contributed by atoms with van der Waals surface area (Å²) < 4.78 is 0. The van der Waals surface area contributed by atoms with E-state index in [2.05, 4.69) is 46.6 Å². The molecular formula is C20H33N5O. The van der Waals surface area contributed by atoms with Gasteiger partial charge in [-0.25, -0.2) is 9.97 Å². The van der Waals surface area contributed by atoms with Gasteiger partial charge < -0.3 is 14.7 Å². The third-order valence-electron chi connectivity index (χ3n) is 5.86. The molecule has 144 valence electrons. The molecule has 26 heavy (non-hydrogen) atoms. The molecule has 0 bridgehead atoms. The quantitative estimate of drug-likeness (QED) is 0.809. The van der Waals surface area contributed by atoms with E-state index in [1.54, 1.807) is 6.33 Å². The number of aromatic nitrogens is 2. The second-order valence-corrected chi connectivity index (χ2v) is 7.70. The molecule has 0 saturated carbocycles. The van der Waals surface area contributed by atoms with E-state index in [0.29, 0.717) is 5.91 Å². The number of hydrogen-bond donors (Lipinski definition) is 0. The van der Waals surface area contributed by atoms with Gasteiger partial charge in [0.1, 0.15) is 18.0 Å². The van der Waals surface area contributed by atoms with Crippen LogP contribution >= 0.6 is 0 Å². The molecule has 0 spiro atoms. The van der Waals surface area contributed by atoms with Crippen molar-refractivity contribution in [2.45, 2.75) is 46.5 Å². The number of hydrogen-bond acceptors (Lipinski definition) is 5. The fraction of sp³-hybridized carbons (Fsp3) is 0.750. The maximum atomic E-state index is 12.6. The van der Waals surface area contributed by atoms with Gasteiger partial charge in [0.05, 0.1) is 0 Å². The molecule has 1 amide bonds. The molecule has 2 aliphatic heterocycles. The molecule has 2 saturated heterocycles. The van der Waals surface area contributed by atoms with E-state index in [-0.39, 0.29) is 5.92 Å². The highest BCUT2D eigenvalue weighted by Crippen LogP contribution is 2.27. The average molecular weight is 360 g/mol. The molecule has 3 rings (SSSR count). The van der Waals surface area contributed by atoms with Crippen LogP contribution in [0.25, 0.3) is 0 Å². The van der Waals surface area contributed by atoms with Crippen LogP contribution in [0.15, 0.2) is 12.4 Å². The maximum Gasteiger partial charge on any atom is 0.225 e. The number of anilines is 2. The Labute approximate surface area is 157 Å². The highest BCUT2D eigenvalue weighted by molar-refractivity contribution is 5.79. The lowest BCUT2D eigenvalue weighted by Crippen LogP contribution is -2.43. The van der Waals surface area contributed by atoms with Crippen molar-refractivity contribution in [1.82, 2.24) is 14.9 Å². The zero-order chi connectivity index (χ0) is 18.5. The summed E-state index contributed by atoms with van der Waals surface area (Å²) in [7, 11) is 0. The first-order valence-electron chi connectivity index (χ1n) is 10.2. The van der Waals surface area contributed by atoms with Crippen LogP contribution in [0.2, 0.25) is 0 Å². The summed E-state index contributed by atoms with van der Waals surface area (Å²) in [6.07, 6.45) is 6.06. The average Bonchev–Trinajstić information content (AvgIpc) is 2.69. The van der Waals surface area contributed by atoms with E-state index >= 15 is 0 Å². The zero-order valence-corrected chi connectivity index (χ0v) is 16.5. The van der Waals surface area contributed by atoms with Gasteiger partial charge in [-0.1, -0.05) is 6.92 Å². The Morgan fingerprint density at radius 2 is 1.73 bits per heavy atom. The minimum Gasteiger partial charge on any atom is -0.356 e. The summed E-state index contributed by atoms with van der Waals surface area (Å²) in [6.45, 7) is 12.0. The molecule has 1 unspecified atom stereocenters. The van der Waals surface area contributed by atoms with E-state index in [1.807, 2.05) is 4.90 Å². The van der Waals surface area contributed by atoms with Crippen molar-refractivity contribution in [3.05, 3.63) is 12.4 Å². The van der Waals surface area contributed by atoms with Crippen molar-refractivity contribution in [2.24, 2.45) is 11.8 Å². The number of rotatable bonds is 5. The van der Waals surface area contributed by atoms with Crippen LogP contribution in [-0.4, -0.2) is 60.0 Å². The van der Waals surface area contributed by atoms with Crippen LogP contribution in [0, 0.1) is 11.8 Å². The maximum absolute atomic E-state index is 12.6. The number of amides is 1. The second kappa shape index (κ2) is 8.69. The molecule has 0 N–H and O–H groups in total. The first kappa shape index (κ1) is 18.9. The largest absolute Gasteiger partial charge is 0.356 e. The summed E-state index contributed by atoms with van der Waals surface area (Å²) in [6, 6.07) is 2.13. The van der Waals surface area contributed by atoms with Crippen LogP contribution in [0.1, 0.15) is 46.5 Å². The van der Waals surface area contributed by atoms with E-state index in [1.165, 1.54) is 12.8 Å². The molecule has 0 aliphatic carbocycles. The number of carbonyl (C=O) groups excluding carboxylic acids is 1. The molecule has 3 heterocycles. The Hall–Kier alpha value is -1.85. The molecule has 6 nitrogen and oxygen atoms in total. The molecule has 1 aromatic heterocycles. The van der Waals surface area contributed by atoms with Gasteiger partial charge in [0.15, 0.2) is 0 Å². The van der Waals surface area contributed by atoms with E-state index in [4.69, 9.17) is 0 Å². The first-order chi connectivity index (χ1) is 12.6. The molecule has 2 fully saturated rings. The van der Waals surface area contributed by atoms with Crippen molar-refractivity contribution in [1.29, 1.82) is 0 Å². The van der Waals surface area contributed by atoms with Gasteiger partial charge >= 0.3 is 0 Å². The lowest BCUT2D eigenvalue weighted by atomic mass is 9.95. The van der Waals surface area contributed by atoms with Gasteiger partial charge in [0, 0.05) is 51.3 Å². The van der Waals surface area contributed by atoms with E-state index in [9.17, 15) is 4.79 Å². The zero-order valence-electron chi connectivity index (χ0n) is 16.5. The van der Waals surface area contributed by atoms with Crippen LogP contribution in [-0.2, 0) is 4.79 Å². The summed E-state index contributed by atoms with van der Waals surface area (Å²) in [5, 5.41) is 0. The van der Waals surface area contributed by atoms with Gasteiger partial charge in [0.2, 0.25) is 5.91 Å². The Morgan fingerprint density at radius 1 is 1.08 bits per heavy atom. The number of nitrogens with zero attached hydrogens (tertiary/aromatic N) is 5. The summed E-state index contributed by atoms with van der Waals surface area (Å²) in [4.78, 5) is 28.2. The molecule has 2 aliphatic rings. The molecular weight excluding hydrogens is 326 g/mol. The van der Waals surface area contributed by atoms with Crippen molar-refractivity contribution in [3.8, 4) is 0 Å². The fourth-order valence-corrected chi connectivity index (χ4v) is 4.23. The van der Waals surface area contributed by atoms with Crippen molar-refractivity contribution in [2.75, 3.05) is 49.1 Å². The van der Waals surface area contributed by atoms with Crippen LogP contribution in [0.5, 0.6) is 0 Å². The lowest BCUT2D eigenvalue weighted by molar-refractivity contribution is -0.135. The Morgan fingerprint density at radius 3 is 2.35 bits per heavy atom. The minimum absolute atomic E-state index is 0.162. The number of carbonyl (C=O) groups is 1. The van der Waals surface area contributed by atoms with Gasteiger partial charge in [-0.05, 0) is 45.4 Å². The SMILES string of the molecule is CCN(CC)C(=O)C1CCN(c2cc(N3CCCC(C)C3)ncn2)CC1. The summed E-state index contributed by atoms with van der Waals surface area (Å²) in [5.74, 6) is 3.25. The monoisotopic (exact) mass is 359 g/mol. The van der Waals surface area contributed by atoms with Gasteiger partial charge in [0.25, 0.3) is 0 Å². The van der Waals surface area contributed by atoms with Crippen LogP contribution < -0.4 is 9.80 Å². The van der Waals surface area contributed by atoms with Crippen LogP contribution in [0.4, 0.5) is 11.6 Å². The standard InChI is InChI=1S/C20H33N5O/c1-4-23(5-2)20(26)17-8-11-24(12-9-17)18-13-19(22-15-21-18)25-10-6-7-16(3)14-25/h13,15-17H,4-12,14H2,1-3H3. The predicted molar refractivity (Wildman–Crippen MR) is 106 cm³/mol. The van der Waals surface area contributed by atoms with Crippen molar-refractivity contribution < 1.29 is 4.79 Å². The van der Waals surface area contributed by atoms with Crippen LogP contribution in [0.3, 0.4) is 0 Å². The number of piperidine rings is 2. The van der Waals surface area contributed by atoms with Gasteiger partial charge in [-0.3, -0.25) is 4.79 Å². The highest BCUT2D eigenvalue weighted by Gasteiger charge is 2.28. The smallest absolute Gasteiger partial charge is 0.225 e. The third kappa shape index (κ3) is 4.27. The predicted octanol–water partition coefficient (Wildman–Crippen LogP) is 2.80. The first-order valence-corrected chi connectivity index (χ1v) is 10.2. The molecule has 0 aromatic carbocycles. The molecule has 1 atom stereocenters. The summed E-state index contributed by atoms with van der Waals surface area (Å²) in [5.41, 5.74) is 0. The second-order valence-electron chi connectivity index (χ2n) is 7.70. The van der Waals surface area contributed by atoms with Crippen molar-refractivity contribution >= 4 is 17.5 Å². The molecule has 0 radical (unpaired) electrons. The molecule has 1 aromatic rings. The van der Waals surface area contributed by atoms with E-state index < -0.39 is 0 Å². The normalized spacial score (nSPS) is 21.7.